The van der Waals surface area contributed by atoms with E-state index in [0.717, 1.165) is 28.2 Å². The third-order valence-corrected chi connectivity index (χ3v) is 2.81. The molecule has 0 amide bonds. The Bertz CT molecular complexity index is 703. The Morgan fingerprint density at radius 1 is 1.17 bits per heavy atom. The highest BCUT2D eigenvalue weighted by atomic mass is 16.3. The van der Waals surface area contributed by atoms with Gasteiger partial charge in [-0.25, -0.2) is 4.98 Å². The molecule has 0 bridgehead atoms. The molecule has 1 aromatic carbocycles. The van der Waals surface area contributed by atoms with E-state index in [4.69, 9.17) is 4.42 Å². The number of fused-ring (bicyclic) bond motifs is 1. The van der Waals surface area contributed by atoms with E-state index in [0.29, 0.717) is 0 Å². The number of hydrogen-bond donors (Lipinski definition) is 1. The van der Waals surface area contributed by atoms with Gasteiger partial charge in [0.2, 0.25) is 0 Å². The summed E-state index contributed by atoms with van der Waals surface area (Å²) in [6.45, 7) is 2.06. The minimum Gasteiger partial charge on any atom is -0.454 e. The minimum absolute atomic E-state index is 0.726. The Hall–Kier alpha value is -2.36. The van der Waals surface area contributed by atoms with Crippen LogP contribution in [0.2, 0.25) is 0 Å². The Morgan fingerprint density at radius 3 is 2.89 bits per heavy atom. The number of anilines is 1. The van der Waals surface area contributed by atoms with Crippen molar-refractivity contribution in [3.05, 3.63) is 42.2 Å². The molecule has 90 valence electrons. The predicted octanol–water partition coefficient (Wildman–Crippen LogP) is 3.24. The Morgan fingerprint density at radius 2 is 2.06 bits per heavy atom. The summed E-state index contributed by atoms with van der Waals surface area (Å²) in [7, 11) is 1.82. The van der Waals surface area contributed by atoms with Crippen molar-refractivity contribution in [1.29, 1.82) is 0 Å². The molecule has 0 saturated heterocycles. The molecule has 3 rings (SSSR count). The largest absolute Gasteiger partial charge is 0.454 e. The lowest BCUT2D eigenvalue weighted by atomic mass is 10.2. The fourth-order valence-electron chi connectivity index (χ4n) is 1.89. The van der Waals surface area contributed by atoms with Crippen LogP contribution < -0.4 is 5.32 Å². The lowest BCUT2D eigenvalue weighted by Gasteiger charge is -1.99. The maximum Gasteiger partial charge on any atom is 0.155 e. The molecule has 2 heterocycles. The molecule has 3 aromatic rings. The van der Waals surface area contributed by atoms with Crippen LogP contribution in [-0.2, 0) is 0 Å². The maximum absolute atomic E-state index is 5.78. The van der Waals surface area contributed by atoms with Gasteiger partial charge in [0.25, 0.3) is 0 Å². The number of aryl methyl sites for hydroxylation is 1. The molecular formula is C14H13N3O. The van der Waals surface area contributed by atoms with Gasteiger partial charge in [0.05, 0.1) is 12.4 Å². The third-order valence-electron chi connectivity index (χ3n) is 2.81. The first-order valence-electron chi connectivity index (χ1n) is 5.76. The molecule has 2 aromatic heterocycles. The summed E-state index contributed by atoms with van der Waals surface area (Å²) < 4.78 is 5.78. The number of rotatable bonds is 2. The molecule has 1 N–H and O–H groups in total. The summed E-state index contributed by atoms with van der Waals surface area (Å²) in [5, 5.41) is 4.05. The zero-order chi connectivity index (χ0) is 12.5. The standard InChI is InChI=1S/C14H13N3O/c1-9-3-4-12-10(5-9)6-13(18-12)11-7-16-8-14(15-2)17-11/h3-8H,1-2H3,(H,15,17). The van der Waals surface area contributed by atoms with Crippen LogP contribution in [0, 0.1) is 6.92 Å². The number of benzene rings is 1. The highest BCUT2D eigenvalue weighted by molar-refractivity contribution is 5.82. The lowest BCUT2D eigenvalue weighted by molar-refractivity contribution is 0.628. The van der Waals surface area contributed by atoms with Gasteiger partial charge in [-0.05, 0) is 25.1 Å². The maximum atomic E-state index is 5.78. The molecule has 0 saturated carbocycles. The summed E-state index contributed by atoms with van der Waals surface area (Å²) in [5.74, 6) is 1.46. The number of hydrogen-bond acceptors (Lipinski definition) is 4. The van der Waals surface area contributed by atoms with Crippen molar-refractivity contribution in [3.63, 3.8) is 0 Å². The van der Waals surface area contributed by atoms with E-state index in [-0.39, 0.29) is 0 Å². The van der Waals surface area contributed by atoms with Gasteiger partial charge in [-0.15, -0.1) is 0 Å². The van der Waals surface area contributed by atoms with Crippen molar-refractivity contribution in [2.75, 3.05) is 12.4 Å². The minimum atomic E-state index is 0.726. The number of furan rings is 1. The number of nitrogens with zero attached hydrogens (tertiary/aromatic N) is 2. The van der Waals surface area contributed by atoms with E-state index in [1.807, 2.05) is 25.2 Å². The van der Waals surface area contributed by atoms with Crippen LogP contribution in [0.25, 0.3) is 22.4 Å². The molecule has 0 aliphatic carbocycles. The second kappa shape index (κ2) is 4.14. The molecule has 0 radical (unpaired) electrons. The summed E-state index contributed by atoms with van der Waals surface area (Å²) >= 11 is 0. The molecule has 0 aliphatic heterocycles. The molecular weight excluding hydrogens is 226 g/mol. The zero-order valence-electron chi connectivity index (χ0n) is 10.3. The van der Waals surface area contributed by atoms with Crippen LogP contribution >= 0.6 is 0 Å². The molecule has 0 fully saturated rings. The van der Waals surface area contributed by atoms with E-state index in [1.54, 1.807) is 12.4 Å². The molecule has 18 heavy (non-hydrogen) atoms. The van der Waals surface area contributed by atoms with Gasteiger partial charge in [0.15, 0.2) is 5.76 Å². The Labute approximate surface area is 105 Å². The van der Waals surface area contributed by atoms with Crippen molar-refractivity contribution >= 4 is 16.8 Å². The SMILES string of the molecule is CNc1cncc(-c2cc3cc(C)ccc3o2)n1. The molecule has 4 heteroatoms. The molecule has 0 aliphatic rings. The van der Waals surface area contributed by atoms with Gasteiger partial charge in [0.1, 0.15) is 17.1 Å². The van der Waals surface area contributed by atoms with Crippen LogP contribution in [0.4, 0.5) is 5.82 Å². The van der Waals surface area contributed by atoms with Crippen LogP contribution in [0.5, 0.6) is 0 Å². The van der Waals surface area contributed by atoms with Crippen LogP contribution in [0.3, 0.4) is 0 Å². The second-order valence-corrected chi connectivity index (χ2v) is 4.19. The van der Waals surface area contributed by atoms with E-state index in [1.165, 1.54) is 5.56 Å². The van der Waals surface area contributed by atoms with Crippen LogP contribution in [0.1, 0.15) is 5.56 Å². The molecule has 0 spiro atoms. The van der Waals surface area contributed by atoms with Gasteiger partial charge in [-0.2, -0.15) is 0 Å². The fraction of sp³-hybridized carbons (Fsp3) is 0.143. The van der Waals surface area contributed by atoms with Crippen molar-refractivity contribution in [2.45, 2.75) is 6.92 Å². The van der Waals surface area contributed by atoms with E-state index >= 15 is 0 Å². The summed E-state index contributed by atoms with van der Waals surface area (Å²) in [6, 6.07) is 8.10. The quantitative estimate of drug-likeness (QED) is 0.745. The Balaban J connectivity index is 2.13. The van der Waals surface area contributed by atoms with Gasteiger partial charge in [-0.3, -0.25) is 4.98 Å². The first-order chi connectivity index (χ1) is 8.76. The summed E-state index contributed by atoms with van der Waals surface area (Å²) in [6.07, 6.45) is 3.38. The smallest absolute Gasteiger partial charge is 0.155 e. The van der Waals surface area contributed by atoms with E-state index in [2.05, 4.69) is 28.3 Å². The number of nitrogens with one attached hydrogen (secondary N) is 1. The van der Waals surface area contributed by atoms with E-state index < -0.39 is 0 Å². The van der Waals surface area contributed by atoms with Crippen LogP contribution in [0.15, 0.2) is 41.1 Å². The predicted molar refractivity (Wildman–Crippen MR) is 71.5 cm³/mol. The van der Waals surface area contributed by atoms with Gasteiger partial charge in [0, 0.05) is 12.4 Å². The lowest BCUT2D eigenvalue weighted by Crippen LogP contribution is -1.94. The average molecular weight is 239 g/mol. The third kappa shape index (κ3) is 1.82. The van der Waals surface area contributed by atoms with Crippen molar-refractivity contribution in [1.82, 2.24) is 9.97 Å². The van der Waals surface area contributed by atoms with E-state index in [9.17, 15) is 0 Å². The first-order valence-corrected chi connectivity index (χ1v) is 5.76. The highest BCUT2D eigenvalue weighted by Gasteiger charge is 2.08. The van der Waals surface area contributed by atoms with Gasteiger partial charge >= 0.3 is 0 Å². The molecule has 0 atom stereocenters. The van der Waals surface area contributed by atoms with Crippen molar-refractivity contribution in [2.24, 2.45) is 0 Å². The summed E-state index contributed by atoms with van der Waals surface area (Å²) in [4.78, 5) is 8.55. The highest BCUT2D eigenvalue weighted by Crippen LogP contribution is 2.27. The van der Waals surface area contributed by atoms with Gasteiger partial charge in [-0.1, -0.05) is 11.6 Å². The molecule has 0 unspecified atom stereocenters. The summed E-state index contributed by atoms with van der Waals surface area (Å²) in [5.41, 5.74) is 2.81. The van der Waals surface area contributed by atoms with Crippen molar-refractivity contribution < 1.29 is 4.42 Å². The Kier molecular flexibility index (Phi) is 2.48. The fourth-order valence-corrected chi connectivity index (χ4v) is 1.89. The van der Waals surface area contributed by atoms with Crippen molar-refractivity contribution in [3.8, 4) is 11.5 Å². The topological polar surface area (TPSA) is 51.0 Å². The number of aromatic nitrogens is 2. The van der Waals surface area contributed by atoms with Crippen LogP contribution in [-0.4, -0.2) is 17.0 Å². The monoisotopic (exact) mass is 239 g/mol. The second-order valence-electron chi connectivity index (χ2n) is 4.19. The van der Waals surface area contributed by atoms with Gasteiger partial charge < -0.3 is 9.73 Å². The molecule has 4 nitrogen and oxygen atoms in total. The normalized spacial score (nSPS) is 10.8. The average Bonchev–Trinajstić information content (AvgIpc) is 2.81. The zero-order valence-corrected chi connectivity index (χ0v) is 10.3. The first kappa shape index (κ1) is 10.8.